The van der Waals surface area contributed by atoms with E-state index in [1.165, 1.54) is 0 Å². The lowest BCUT2D eigenvalue weighted by atomic mass is 10.00. The van der Waals surface area contributed by atoms with Crippen molar-refractivity contribution < 1.29 is 19.8 Å². The van der Waals surface area contributed by atoms with Crippen LogP contribution in [0.4, 0.5) is 0 Å². The Balaban J connectivity index is 0.000000220. The van der Waals surface area contributed by atoms with Crippen molar-refractivity contribution in [3.63, 3.8) is 0 Å². The Kier molecular flexibility index (Phi) is 12.5. The van der Waals surface area contributed by atoms with Gasteiger partial charge in [-0.05, 0) is 62.1 Å². The predicted octanol–water partition coefficient (Wildman–Crippen LogP) is 8.91. The van der Waals surface area contributed by atoms with E-state index in [9.17, 15) is 19.8 Å². The molecule has 4 rings (SSSR count). The monoisotopic (exact) mass is 664 g/mol. The molecule has 0 aromatic heterocycles. The van der Waals surface area contributed by atoms with Crippen LogP contribution in [0.25, 0.3) is 0 Å². The molecule has 40 heavy (non-hydrogen) atoms. The first kappa shape index (κ1) is 31.6. The number of aliphatic hydroxyl groups is 2. The van der Waals surface area contributed by atoms with Crippen LogP contribution in [0.15, 0.2) is 106 Å². The number of hydrogen-bond donors (Lipinski definition) is 2. The third-order valence-corrected chi connectivity index (χ3v) is 7.60. The number of aliphatic hydroxyl groups excluding tert-OH is 2. The van der Waals surface area contributed by atoms with Crippen molar-refractivity contribution in [1.82, 2.24) is 0 Å². The Bertz CT molecular complexity index is 1250. The van der Waals surface area contributed by atoms with Crippen LogP contribution in [0.3, 0.4) is 0 Å². The predicted molar refractivity (Wildman–Crippen MR) is 168 cm³/mol. The molecule has 208 valence electrons. The molecule has 0 unspecified atom stereocenters. The molecule has 4 nitrogen and oxygen atoms in total. The van der Waals surface area contributed by atoms with Gasteiger partial charge in [0.05, 0.1) is 12.2 Å². The lowest BCUT2D eigenvalue weighted by Crippen LogP contribution is -2.04. The number of rotatable bonds is 10. The number of benzene rings is 4. The van der Waals surface area contributed by atoms with E-state index >= 15 is 0 Å². The van der Waals surface area contributed by atoms with E-state index in [1.807, 2.05) is 111 Å². The number of carbonyl (C=O) groups excluding carboxylic acids is 2. The highest BCUT2D eigenvalue weighted by atomic mass is 79.9. The zero-order chi connectivity index (χ0) is 29.1. The maximum atomic E-state index is 12.0. The minimum Gasteiger partial charge on any atom is -0.388 e. The molecule has 0 fully saturated rings. The van der Waals surface area contributed by atoms with Gasteiger partial charge in [-0.15, -0.1) is 0 Å². The quantitative estimate of drug-likeness (QED) is 0.166. The SMILES string of the molecule is Cc1ccc(C(=O)CC[C@H](O)c2ccc(Br)cc2)cc1.Cc1ccc(C(=O)CC[C@H](O)c2ccc(Br)cc2)cc1. The van der Waals surface area contributed by atoms with Gasteiger partial charge in [0.15, 0.2) is 11.6 Å². The third-order valence-electron chi connectivity index (χ3n) is 6.55. The molecule has 0 bridgehead atoms. The van der Waals surface area contributed by atoms with Crippen LogP contribution < -0.4 is 0 Å². The Morgan fingerprint density at radius 2 is 0.850 bits per heavy atom. The minimum absolute atomic E-state index is 0.0705. The molecule has 2 N–H and O–H groups in total. The van der Waals surface area contributed by atoms with E-state index in [2.05, 4.69) is 31.9 Å². The molecule has 0 aliphatic rings. The summed E-state index contributed by atoms with van der Waals surface area (Å²) in [5.74, 6) is 0.141. The third kappa shape index (κ3) is 10.3. The van der Waals surface area contributed by atoms with Crippen molar-refractivity contribution in [2.24, 2.45) is 0 Å². The van der Waals surface area contributed by atoms with Crippen LogP contribution in [-0.2, 0) is 0 Å². The first-order chi connectivity index (χ1) is 19.1. The van der Waals surface area contributed by atoms with Crippen molar-refractivity contribution in [3.05, 3.63) is 139 Å². The van der Waals surface area contributed by atoms with Gasteiger partial charge in [0.2, 0.25) is 0 Å². The van der Waals surface area contributed by atoms with Crippen LogP contribution in [0.1, 0.15) is 80.9 Å². The summed E-state index contributed by atoms with van der Waals surface area (Å²) in [4.78, 5) is 24.1. The number of ketones is 2. The fourth-order valence-electron chi connectivity index (χ4n) is 4.01. The summed E-state index contributed by atoms with van der Waals surface area (Å²) >= 11 is 6.71. The lowest BCUT2D eigenvalue weighted by Gasteiger charge is -2.10. The second-order valence-corrected chi connectivity index (χ2v) is 11.6. The second-order valence-electron chi connectivity index (χ2n) is 9.79. The number of aryl methyl sites for hydroxylation is 2. The Morgan fingerprint density at radius 1 is 0.550 bits per heavy atom. The zero-order valence-electron chi connectivity index (χ0n) is 22.7. The molecule has 4 aromatic rings. The summed E-state index contributed by atoms with van der Waals surface area (Å²) in [5, 5.41) is 20.2. The van der Waals surface area contributed by atoms with Gasteiger partial charge in [-0.1, -0.05) is 116 Å². The fraction of sp³-hybridized carbons (Fsp3) is 0.235. The molecular weight excluding hydrogens is 632 g/mol. The summed E-state index contributed by atoms with van der Waals surface area (Å²) in [6, 6.07) is 30.1. The summed E-state index contributed by atoms with van der Waals surface area (Å²) in [6.07, 6.45) is 0.374. The zero-order valence-corrected chi connectivity index (χ0v) is 25.9. The first-order valence-corrected chi connectivity index (χ1v) is 14.8. The Hall–Kier alpha value is -2.90. The molecule has 0 aliphatic carbocycles. The molecule has 0 spiro atoms. The van der Waals surface area contributed by atoms with Crippen LogP contribution >= 0.6 is 31.9 Å². The summed E-state index contributed by atoms with van der Waals surface area (Å²) in [5.41, 5.74) is 5.36. The van der Waals surface area contributed by atoms with Crippen molar-refractivity contribution in [1.29, 1.82) is 0 Å². The van der Waals surface area contributed by atoms with Gasteiger partial charge in [0.1, 0.15) is 0 Å². The molecule has 0 saturated heterocycles. The van der Waals surface area contributed by atoms with Gasteiger partial charge in [-0.2, -0.15) is 0 Å². The van der Waals surface area contributed by atoms with Crippen molar-refractivity contribution in [2.45, 2.75) is 51.7 Å². The first-order valence-electron chi connectivity index (χ1n) is 13.2. The minimum atomic E-state index is -0.600. The van der Waals surface area contributed by atoms with E-state index in [1.54, 1.807) is 0 Å². The largest absolute Gasteiger partial charge is 0.388 e. The van der Waals surface area contributed by atoms with Crippen molar-refractivity contribution in [2.75, 3.05) is 0 Å². The van der Waals surface area contributed by atoms with Crippen LogP contribution in [0.5, 0.6) is 0 Å². The van der Waals surface area contributed by atoms with Gasteiger partial charge in [-0.25, -0.2) is 0 Å². The normalized spacial score (nSPS) is 12.2. The standard InChI is InChI=1S/2C17H17BrO2/c2*1-12-2-4-13(5-3-12)16(19)10-11-17(20)14-6-8-15(18)9-7-14/h2*2-9,17,20H,10-11H2,1H3/t2*17-/m00/s1. The smallest absolute Gasteiger partial charge is 0.162 e. The summed E-state index contributed by atoms with van der Waals surface area (Å²) in [6.45, 7) is 3.98. The number of Topliss-reactive ketones (excluding diaryl/α,β-unsaturated/α-hetero) is 2. The van der Waals surface area contributed by atoms with Gasteiger partial charge < -0.3 is 10.2 Å². The molecule has 0 radical (unpaired) electrons. The van der Waals surface area contributed by atoms with E-state index in [0.717, 1.165) is 31.2 Å². The molecule has 0 aliphatic heterocycles. The number of halogens is 2. The lowest BCUT2D eigenvalue weighted by molar-refractivity contribution is 0.0935. The molecular formula is C34H34Br2O4. The highest BCUT2D eigenvalue weighted by Crippen LogP contribution is 2.23. The number of carbonyl (C=O) groups is 2. The van der Waals surface area contributed by atoms with Crippen LogP contribution in [-0.4, -0.2) is 21.8 Å². The number of hydrogen-bond acceptors (Lipinski definition) is 4. The molecule has 0 heterocycles. The molecule has 0 amide bonds. The average Bonchev–Trinajstić information content (AvgIpc) is 2.96. The van der Waals surface area contributed by atoms with E-state index in [-0.39, 0.29) is 11.6 Å². The fourth-order valence-corrected chi connectivity index (χ4v) is 4.54. The summed E-state index contributed by atoms with van der Waals surface area (Å²) in [7, 11) is 0. The summed E-state index contributed by atoms with van der Waals surface area (Å²) < 4.78 is 1.95. The van der Waals surface area contributed by atoms with E-state index < -0.39 is 12.2 Å². The highest BCUT2D eigenvalue weighted by molar-refractivity contribution is 9.10. The van der Waals surface area contributed by atoms with Crippen LogP contribution in [0.2, 0.25) is 0 Å². The average molecular weight is 666 g/mol. The van der Waals surface area contributed by atoms with Gasteiger partial charge in [0, 0.05) is 32.9 Å². The van der Waals surface area contributed by atoms with Gasteiger partial charge in [-0.3, -0.25) is 9.59 Å². The molecule has 4 aromatic carbocycles. The van der Waals surface area contributed by atoms with E-state index in [4.69, 9.17) is 0 Å². The van der Waals surface area contributed by atoms with Crippen molar-refractivity contribution in [3.8, 4) is 0 Å². The van der Waals surface area contributed by atoms with Crippen molar-refractivity contribution >= 4 is 43.4 Å². The molecule has 2 atom stereocenters. The van der Waals surface area contributed by atoms with Gasteiger partial charge in [0.25, 0.3) is 0 Å². The molecule has 0 saturated carbocycles. The topological polar surface area (TPSA) is 74.6 Å². The maximum absolute atomic E-state index is 12.0. The second kappa shape index (κ2) is 15.8. The van der Waals surface area contributed by atoms with Gasteiger partial charge >= 0.3 is 0 Å². The Morgan fingerprint density at radius 3 is 1.15 bits per heavy atom. The van der Waals surface area contributed by atoms with Crippen LogP contribution in [0, 0.1) is 13.8 Å². The maximum Gasteiger partial charge on any atom is 0.162 e. The Labute approximate surface area is 253 Å². The van der Waals surface area contributed by atoms with E-state index in [0.29, 0.717) is 36.8 Å². The highest BCUT2D eigenvalue weighted by Gasteiger charge is 2.13. The molecule has 6 heteroatoms.